The van der Waals surface area contributed by atoms with Gasteiger partial charge in [0.1, 0.15) is 6.61 Å². The average Bonchev–Trinajstić information content (AvgIpc) is 2.49. The van der Waals surface area contributed by atoms with Gasteiger partial charge in [-0.25, -0.2) is 0 Å². The van der Waals surface area contributed by atoms with Crippen LogP contribution in [0.25, 0.3) is 0 Å². The van der Waals surface area contributed by atoms with Gasteiger partial charge in [0.2, 0.25) is 0 Å². The summed E-state index contributed by atoms with van der Waals surface area (Å²) in [6, 6.07) is 12.7. The summed E-state index contributed by atoms with van der Waals surface area (Å²) in [5, 5.41) is 11.2. The molecule has 21 heavy (non-hydrogen) atoms. The van der Waals surface area contributed by atoms with E-state index < -0.39 is 4.92 Å². The fourth-order valence-corrected chi connectivity index (χ4v) is 1.94. The first kappa shape index (κ1) is 15.2. The molecule has 0 amide bonds. The smallest absolute Gasteiger partial charge is 0.270 e. The number of carbonyl (C=O) groups excluding carboxylic acids is 1. The maximum absolute atomic E-state index is 11.9. The molecule has 6 heteroatoms. The van der Waals surface area contributed by atoms with E-state index in [1.165, 1.54) is 24.3 Å². The lowest BCUT2D eigenvalue weighted by molar-refractivity contribution is -0.384. The van der Waals surface area contributed by atoms with E-state index in [1.54, 1.807) is 18.2 Å². The number of ether oxygens (including phenoxy) is 1. The Morgan fingerprint density at radius 2 is 1.95 bits per heavy atom. The number of hydrogen-bond acceptors (Lipinski definition) is 4. The number of nitro groups is 1. The van der Waals surface area contributed by atoms with Crippen molar-refractivity contribution in [2.75, 3.05) is 6.61 Å². The number of nitro benzene ring substituents is 1. The molecule has 0 N–H and O–H groups in total. The zero-order valence-electron chi connectivity index (χ0n) is 11.0. The lowest BCUT2D eigenvalue weighted by Crippen LogP contribution is -2.09. The third-order valence-electron chi connectivity index (χ3n) is 2.83. The van der Waals surface area contributed by atoms with Crippen LogP contribution in [0.1, 0.15) is 15.9 Å². The van der Waals surface area contributed by atoms with Gasteiger partial charge < -0.3 is 4.74 Å². The van der Waals surface area contributed by atoms with Crippen molar-refractivity contribution in [1.29, 1.82) is 0 Å². The maximum atomic E-state index is 11.9. The van der Waals surface area contributed by atoms with Crippen LogP contribution in [0.4, 0.5) is 5.69 Å². The van der Waals surface area contributed by atoms with Crippen molar-refractivity contribution in [2.45, 2.75) is 6.61 Å². The maximum Gasteiger partial charge on any atom is 0.270 e. The van der Waals surface area contributed by atoms with Crippen LogP contribution in [-0.4, -0.2) is 17.3 Å². The Hall–Kier alpha value is -2.24. The molecule has 5 nitrogen and oxygen atoms in total. The number of carbonyl (C=O) groups is 1. The molecule has 0 fully saturated rings. The highest BCUT2D eigenvalue weighted by atomic mass is 35.5. The normalized spacial score (nSPS) is 10.3. The van der Waals surface area contributed by atoms with Gasteiger partial charge in [-0.15, -0.1) is 0 Å². The van der Waals surface area contributed by atoms with Crippen LogP contribution in [-0.2, 0) is 11.3 Å². The molecule has 0 aliphatic rings. The Labute approximate surface area is 126 Å². The van der Waals surface area contributed by atoms with Gasteiger partial charge in [-0.3, -0.25) is 14.9 Å². The molecule has 0 heterocycles. The van der Waals surface area contributed by atoms with Crippen LogP contribution in [0.3, 0.4) is 0 Å². The lowest BCUT2D eigenvalue weighted by Gasteiger charge is -2.05. The van der Waals surface area contributed by atoms with Crippen molar-refractivity contribution >= 4 is 23.1 Å². The van der Waals surface area contributed by atoms with E-state index >= 15 is 0 Å². The monoisotopic (exact) mass is 305 g/mol. The first-order chi connectivity index (χ1) is 10.1. The van der Waals surface area contributed by atoms with Crippen molar-refractivity contribution < 1.29 is 14.5 Å². The molecule has 0 unspecified atom stereocenters. The van der Waals surface area contributed by atoms with E-state index in [-0.39, 0.29) is 30.2 Å². The molecule has 2 aromatic rings. The van der Waals surface area contributed by atoms with Crippen molar-refractivity contribution in [1.82, 2.24) is 0 Å². The summed E-state index contributed by atoms with van der Waals surface area (Å²) in [5.74, 6) is -0.314. The fourth-order valence-electron chi connectivity index (χ4n) is 1.75. The number of ketones is 1. The van der Waals surface area contributed by atoms with Gasteiger partial charge in [-0.05, 0) is 11.6 Å². The number of benzene rings is 2. The number of halogens is 1. The number of Topliss-reactive ketones (excluding diaryl/α,β-unsaturated/α-hetero) is 1. The third kappa shape index (κ3) is 4.11. The summed E-state index contributed by atoms with van der Waals surface area (Å²) in [6.45, 7) is 0.0483. The quantitative estimate of drug-likeness (QED) is 0.464. The Kier molecular flexibility index (Phi) is 5.03. The largest absolute Gasteiger partial charge is 0.369 e. The minimum absolute atomic E-state index is 0.119. The van der Waals surface area contributed by atoms with E-state index in [9.17, 15) is 14.9 Å². The first-order valence-electron chi connectivity index (χ1n) is 6.17. The zero-order valence-corrected chi connectivity index (χ0v) is 11.7. The van der Waals surface area contributed by atoms with Gasteiger partial charge >= 0.3 is 0 Å². The Bertz CT molecular complexity index is 672. The second kappa shape index (κ2) is 6.97. The van der Waals surface area contributed by atoms with Gasteiger partial charge in [-0.1, -0.05) is 41.9 Å². The molecule has 0 aromatic heterocycles. The molecule has 0 aliphatic carbocycles. The van der Waals surface area contributed by atoms with E-state index in [2.05, 4.69) is 0 Å². The number of nitrogens with zero attached hydrogens (tertiary/aromatic N) is 1. The van der Waals surface area contributed by atoms with E-state index in [0.29, 0.717) is 5.02 Å². The van der Waals surface area contributed by atoms with Gasteiger partial charge in [-0.2, -0.15) is 0 Å². The third-order valence-corrected chi connectivity index (χ3v) is 3.20. The molecular formula is C15H12ClNO4. The summed E-state index contributed by atoms with van der Waals surface area (Å²) in [7, 11) is 0. The van der Waals surface area contributed by atoms with E-state index in [4.69, 9.17) is 16.3 Å². The van der Waals surface area contributed by atoms with Crippen LogP contribution >= 0.6 is 11.6 Å². The molecule has 0 saturated carbocycles. The van der Waals surface area contributed by atoms with E-state index in [1.807, 2.05) is 6.07 Å². The standard InChI is InChI=1S/C15H12ClNO4/c16-14-7-2-1-4-12(14)9-21-10-15(18)11-5-3-6-13(8-11)17(19)20/h1-8H,9-10H2. The Balaban J connectivity index is 1.95. The molecule has 0 atom stereocenters. The van der Waals surface area contributed by atoms with Crippen LogP contribution in [0.15, 0.2) is 48.5 Å². The summed E-state index contributed by atoms with van der Waals surface area (Å²) in [5.41, 5.74) is 0.918. The van der Waals surface area contributed by atoms with Crippen LogP contribution in [0.2, 0.25) is 5.02 Å². The van der Waals surface area contributed by atoms with Gasteiger partial charge in [0, 0.05) is 22.7 Å². The minimum atomic E-state index is -0.540. The molecule has 0 radical (unpaired) electrons. The Morgan fingerprint density at radius 3 is 2.67 bits per heavy atom. The highest BCUT2D eigenvalue weighted by Gasteiger charge is 2.11. The van der Waals surface area contributed by atoms with Crippen molar-refractivity contribution in [2.24, 2.45) is 0 Å². The fraction of sp³-hybridized carbons (Fsp3) is 0.133. The summed E-state index contributed by atoms with van der Waals surface area (Å²) < 4.78 is 5.31. The van der Waals surface area contributed by atoms with Gasteiger partial charge in [0.15, 0.2) is 5.78 Å². The second-order valence-corrected chi connectivity index (χ2v) is 4.72. The van der Waals surface area contributed by atoms with Gasteiger partial charge in [0.05, 0.1) is 11.5 Å². The van der Waals surface area contributed by atoms with Gasteiger partial charge in [0.25, 0.3) is 5.69 Å². The predicted molar refractivity (Wildman–Crippen MR) is 78.5 cm³/mol. The molecule has 0 spiro atoms. The topological polar surface area (TPSA) is 69.4 Å². The highest BCUT2D eigenvalue weighted by Crippen LogP contribution is 2.16. The summed E-state index contributed by atoms with van der Waals surface area (Å²) >= 11 is 5.97. The van der Waals surface area contributed by atoms with E-state index in [0.717, 1.165) is 5.56 Å². The van der Waals surface area contributed by atoms with Crippen molar-refractivity contribution in [3.05, 3.63) is 74.8 Å². The predicted octanol–water partition coefficient (Wildman–Crippen LogP) is 3.65. The van der Waals surface area contributed by atoms with Crippen LogP contribution < -0.4 is 0 Å². The average molecular weight is 306 g/mol. The molecule has 108 valence electrons. The zero-order chi connectivity index (χ0) is 15.2. The molecule has 0 aliphatic heterocycles. The first-order valence-corrected chi connectivity index (χ1v) is 6.54. The molecule has 0 saturated heterocycles. The molecular weight excluding hydrogens is 294 g/mol. The summed E-state index contributed by atoms with van der Waals surface area (Å²) in [4.78, 5) is 22.0. The number of hydrogen-bond donors (Lipinski definition) is 0. The SMILES string of the molecule is O=C(COCc1ccccc1Cl)c1cccc([N+](=O)[O-])c1. The van der Waals surface area contributed by atoms with Crippen molar-refractivity contribution in [3.63, 3.8) is 0 Å². The van der Waals surface area contributed by atoms with Crippen molar-refractivity contribution in [3.8, 4) is 0 Å². The second-order valence-electron chi connectivity index (χ2n) is 4.31. The lowest BCUT2D eigenvalue weighted by atomic mass is 10.1. The number of rotatable bonds is 6. The highest BCUT2D eigenvalue weighted by molar-refractivity contribution is 6.31. The molecule has 2 aromatic carbocycles. The number of non-ortho nitro benzene ring substituents is 1. The molecule has 2 rings (SSSR count). The summed E-state index contributed by atoms with van der Waals surface area (Å²) in [6.07, 6.45) is 0. The van der Waals surface area contributed by atoms with Crippen LogP contribution in [0.5, 0.6) is 0 Å². The minimum Gasteiger partial charge on any atom is -0.369 e. The molecule has 0 bridgehead atoms. The Morgan fingerprint density at radius 1 is 1.19 bits per heavy atom. The van der Waals surface area contributed by atoms with Crippen LogP contribution in [0, 0.1) is 10.1 Å².